The molecule has 0 fully saturated rings. The monoisotopic (exact) mass is 363 g/mol. The highest BCUT2D eigenvalue weighted by Crippen LogP contribution is 2.36. The maximum Gasteiger partial charge on any atom is 0.418 e. The van der Waals surface area contributed by atoms with Crippen LogP contribution in [0.1, 0.15) is 11.3 Å². The minimum atomic E-state index is -4.48. The second kappa shape index (κ2) is 6.50. The third-order valence-electron chi connectivity index (χ3n) is 4.35. The van der Waals surface area contributed by atoms with E-state index in [1.54, 1.807) is 19.1 Å². The highest BCUT2D eigenvalue weighted by atomic mass is 19.4. The van der Waals surface area contributed by atoms with Gasteiger partial charge in [0.15, 0.2) is 0 Å². The number of halogens is 3. The van der Waals surface area contributed by atoms with Gasteiger partial charge in [-0.25, -0.2) is 9.97 Å². The Morgan fingerprint density at radius 1 is 0.852 bits per heavy atom. The van der Waals surface area contributed by atoms with Crippen molar-refractivity contribution in [2.24, 2.45) is 0 Å². The molecule has 1 aromatic heterocycles. The highest BCUT2D eigenvalue weighted by molar-refractivity contribution is 5.86. The van der Waals surface area contributed by atoms with E-state index in [-0.39, 0.29) is 11.0 Å². The van der Waals surface area contributed by atoms with Crippen molar-refractivity contribution in [1.82, 2.24) is 9.97 Å². The Balaban J connectivity index is 1.96. The number of aromatic nitrogens is 2. The summed E-state index contributed by atoms with van der Waals surface area (Å²) < 4.78 is 39.9. The smallest absolute Gasteiger partial charge is 0.249 e. The van der Waals surface area contributed by atoms with Gasteiger partial charge in [-0.15, -0.1) is 0 Å². The molecule has 0 N–H and O–H groups in total. The minimum Gasteiger partial charge on any atom is -0.249 e. The number of rotatable bonds is 2. The Bertz CT molecular complexity index is 1120. The van der Waals surface area contributed by atoms with Crippen LogP contribution in [0.2, 0.25) is 0 Å². The molecule has 0 aliphatic rings. The first kappa shape index (κ1) is 17.2. The molecule has 133 valence electrons. The summed E-state index contributed by atoms with van der Waals surface area (Å²) in [4.78, 5) is 8.76. The van der Waals surface area contributed by atoms with Crippen molar-refractivity contribution in [1.29, 1.82) is 0 Å². The first-order valence-electron chi connectivity index (χ1n) is 8.36. The summed E-state index contributed by atoms with van der Waals surface area (Å²) in [7, 11) is 0. The minimum absolute atomic E-state index is 0.136. The number of fused-ring (bicyclic) bond motifs is 1. The zero-order valence-electron chi connectivity index (χ0n) is 14.4. The van der Waals surface area contributed by atoms with Crippen LogP contribution >= 0.6 is 0 Å². The lowest BCUT2D eigenvalue weighted by molar-refractivity contribution is -0.136. The molecule has 0 aliphatic heterocycles. The number of hydrogen-bond donors (Lipinski definition) is 0. The predicted molar refractivity (Wildman–Crippen MR) is 99.0 cm³/mol. The van der Waals surface area contributed by atoms with Gasteiger partial charge in [-0.2, -0.15) is 13.2 Å². The van der Waals surface area contributed by atoms with Gasteiger partial charge in [0, 0.05) is 5.56 Å². The fourth-order valence-corrected chi connectivity index (χ4v) is 3.12. The Morgan fingerprint density at radius 2 is 1.63 bits per heavy atom. The fourth-order valence-electron chi connectivity index (χ4n) is 3.12. The van der Waals surface area contributed by atoms with E-state index >= 15 is 0 Å². The zero-order chi connectivity index (χ0) is 19.0. The van der Waals surface area contributed by atoms with Crippen LogP contribution in [0.3, 0.4) is 0 Å². The SMILES string of the molecule is Cc1nc2c(C(F)(F)F)cccc2nc1-c1[c]cccc1-c1ccccc1. The summed E-state index contributed by atoms with van der Waals surface area (Å²) in [6.07, 6.45) is -4.48. The van der Waals surface area contributed by atoms with Gasteiger partial charge in [-0.3, -0.25) is 0 Å². The molecule has 4 aromatic rings. The van der Waals surface area contributed by atoms with E-state index in [9.17, 15) is 13.2 Å². The van der Waals surface area contributed by atoms with Crippen LogP contribution in [0.15, 0.2) is 66.7 Å². The Hall–Kier alpha value is -3.21. The summed E-state index contributed by atoms with van der Waals surface area (Å²) in [5.74, 6) is 0. The van der Waals surface area contributed by atoms with Gasteiger partial charge in [0.1, 0.15) is 5.52 Å². The van der Waals surface area contributed by atoms with Crippen molar-refractivity contribution < 1.29 is 13.2 Å². The van der Waals surface area contributed by atoms with Crippen LogP contribution in [-0.2, 0) is 6.18 Å². The van der Waals surface area contributed by atoms with Crippen LogP contribution in [0.4, 0.5) is 13.2 Å². The van der Waals surface area contributed by atoms with Crippen LogP contribution in [0.5, 0.6) is 0 Å². The molecule has 27 heavy (non-hydrogen) atoms. The van der Waals surface area contributed by atoms with Gasteiger partial charge in [-0.1, -0.05) is 54.6 Å². The molecule has 0 unspecified atom stereocenters. The summed E-state index contributed by atoms with van der Waals surface area (Å²) in [6, 6.07) is 22.4. The third-order valence-corrected chi connectivity index (χ3v) is 4.35. The quantitative estimate of drug-likeness (QED) is 0.431. The van der Waals surface area contributed by atoms with Gasteiger partial charge < -0.3 is 0 Å². The molecule has 4 rings (SSSR count). The number of hydrogen-bond acceptors (Lipinski definition) is 2. The van der Waals surface area contributed by atoms with Gasteiger partial charge in [0.2, 0.25) is 0 Å². The van der Waals surface area contributed by atoms with Crippen LogP contribution < -0.4 is 0 Å². The van der Waals surface area contributed by atoms with Crippen molar-refractivity contribution in [3.05, 3.63) is 84.1 Å². The van der Waals surface area contributed by atoms with Crippen LogP contribution in [0, 0.1) is 13.0 Å². The molecule has 0 saturated carbocycles. The lowest BCUT2D eigenvalue weighted by atomic mass is 9.96. The van der Waals surface area contributed by atoms with Crippen LogP contribution in [-0.4, -0.2) is 9.97 Å². The first-order chi connectivity index (χ1) is 12.9. The second-order valence-electron chi connectivity index (χ2n) is 6.15. The normalized spacial score (nSPS) is 11.7. The Labute approximate surface area is 154 Å². The maximum atomic E-state index is 13.3. The zero-order valence-corrected chi connectivity index (χ0v) is 14.4. The number of alkyl halides is 3. The highest BCUT2D eigenvalue weighted by Gasteiger charge is 2.33. The lowest BCUT2D eigenvalue weighted by Crippen LogP contribution is -2.08. The molecular weight excluding hydrogens is 349 g/mol. The van der Waals surface area contributed by atoms with Gasteiger partial charge in [-0.05, 0) is 36.2 Å². The van der Waals surface area contributed by atoms with Gasteiger partial charge in [0.25, 0.3) is 0 Å². The van der Waals surface area contributed by atoms with E-state index in [2.05, 4.69) is 16.0 Å². The fraction of sp³-hybridized carbons (Fsp3) is 0.0909. The average molecular weight is 363 g/mol. The topological polar surface area (TPSA) is 25.8 Å². The summed E-state index contributed by atoms with van der Waals surface area (Å²) in [5.41, 5.74) is 2.86. The molecule has 2 nitrogen and oxygen atoms in total. The lowest BCUT2D eigenvalue weighted by Gasteiger charge is -2.14. The Kier molecular flexibility index (Phi) is 4.15. The number of benzene rings is 3. The van der Waals surface area contributed by atoms with Crippen molar-refractivity contribution in [2.45, 2.75) is 13.1 Å². The van der Waals surface area contributed by atoms with Crippen LogP contribution in [0.25, 0.3) is 33.4 Å². The van der Waals surface area contributed by atoms with Crippen molar-refractivity contribution in [3.63, 3.8) is 0 Å². The molecule has 0 amide bonds. The van der Waals surface area contributed by atoms with E-state index in [1.165, 1.54) is 6.07 Å². The molecular formula is C22H14F3N2. The second-order valence-corrected chi connectivity index (χ2v) is 6.15. The summed E-state index contributed by atoms with van der Waals surface area (Å²) >= 11 is 0. The third kappa shape index (κ3) is 3.16. The summed E-state index contributed by atoms with van der Waals surface area (Å²) in [5, 5.41) is 0. The van der Waals surface area contributed by atoms with Crippen molar-refractivity contribution in [3.8, 4) is 22.4 Å². The van der Waals surface area contributed by atoms with E-state index < -0.39 is 11.7 Å². The molecule has 0 saturated heterocycles. The molecule has 1 heterocycles. The maximum absolute atomic E-state index is 13.3. The molecule has 0 bridgehead atoms. The molecule has 0 spiro atoms. The van der Waals surface area contributed by atoms with Gasteiger partial charge in [0.05, 0.1) is 22.5 Å². The van der Waals surface area contributed by atoms with E-state index in [0.29, 0.717) is 17.0 Å². The number of aryl methyl sites for hydroxylation is 1. The van der Waals surface area contributed by atoms with Crippen molar-refractivity contribution >= 4 is 11.0 Å². The van der Waals surface area contributed by atoms with E-state index in [4.69, 9.17) is 0 Å². The number of nitrogens with zero attached hydrogens (tertiary/aromatic N) is 2. The molecule has 3 aromatic carbocycles. The molecule has 1 radical (unpaired) electrons. The first-order valence-corrected chi connectivity index (χ1v) is 8.36. The number of para-hydroxylation sites is 1. The molecule has 0 aliphatic carbocycles. The molecule has 0 atom stereocenters. The standard InChI is InChI=1S/C22H14F3N2/c1-14-20(17-11-6-5-10-16(17)15-8-3-2-4-9-15)27-19-13-7-12-18(21(19)26-14)22(23,24)25/h2-10,12-13H,1H3. The molecule has 5 heteroatoms. The average Bonchev–Trinajstić information content (AvgIpc) is 2.67. The van der Waals surface area contributed by atoms with Gasteiger partial charge >= 0.3 is 6.18 Å². The summed E-state index contributed by atoms with van der Waals surface area (Å²) in [6.45, 7) is 1.67. The Morgan fingerprint density at radius 3 is 2.37 bits per heavy atom. The van der Waals surface area contributed by atoms with E-state index in [0.717, 1.165) is 17.2 Å². The van der Waals surface area contributed by atoms with Crippen molar-refractivity contribution in [2.75, 3.05) is 0 Å². The van der Waals surface area contributed by atoms with E-state index in [1.807, 2.05) is 42.5 Å². The predicted octanol–water partition coefficient (Wildman–Crippen LogP) is 6.09. The largest absolute Gasteiger partial charge is 0.418 e.